The molecule has 1 aromatic carbocycles. The first-order valence-corrected chi connectivity index (χ1v) is 7.48. The molecule has 0 aliphatic rings. The molecule has 100 valence electrons. The molecule has 0 spiro atoms. The van der Waals surface area contributed by atoms with E-state index in [2.05, 4.69) is 16.3 Å². The van der Waals surface area contributed by atoms with Crippen molar-refractivity contribution in [3.8, 4) is 0 Å². The molecule has 19 heavy (non-hydrogen) atoms. The first kappa shape index (κ1) is 14.0. The van der Waals surface area contributed by atoms with Crippen molar-refractivity contribution in [3.63, 3.8) is 0 Å². The maximum atomic E-state index is 12.2. The van der Waals surface area contributed by atoms with Crippen LogP contribution < -0.4 is 4.72 Å². The molecule has 0 bridgehead atoms. The van der Waals surface area contributed by atoms with Crippen molar-refractivity contribution in [2.24, 2.45) is 0 Å². The van der Waals surface area contributed by atoms with Crippen molar-refractivity contribution in [2.45, 2.75) is 11.8 Å². The van der Waals surface area contributed by atoms with Gasteiger partial charge in [0.05, 0.1) is 5.52 Å². The third-order valence-corrected chi connectivity index (χ3v) is 4.48. The zero-order chi connectivity index (χ0) is 14.0. The van der Waals surface area contributed by atoms with Crippen LogP contribution in [-0.4, -0.2) is 19.9 Å². The van der Waals surface area contributed by atoms with Crippen LogP contribution in [0.15, 0.2) is 41.8 Å². The van der Waals surface area contributed by atoms with Crippen LogP contribution in [0, 0.1) is 6.92 Å². The van der Waals surface area contributed by atoms with Crippen molar-refractivity contribution in [2.75, 3.05) is 6.54 Å². The molecule has 0 atom stereocenters. The zero-order valence-corrected chi connectivity index (χ0v) is 11.9. The Morgan fingerprint density at radius 3 is 2.89 bits per heavy atom. The highest BCUT2D eigenvalue weighted by Crippen LogP contribution is 2.25. The minimum Gasteiger partial charge on any atom is -0.234 e. The van der Waals surface area contributed by atoms with Crippen LogP contribution in [0.5, 0.6) is 0 Å². The number of nitrogens with zero attached hydrogens (tertiary/aromatic N) is 1. The van der Waals surface area contributed by atoms with Gasteiger partial charge in [0.2, 0.25) is 10.0 Å². The molecule has 1 N–H and O–H groups in total. The summed E-state index contributed by atoms with van der Waals surface area (Å²) in [6.07, 6.45) is 1.48. The molecule has 0 aliphatic heterocycles. The fourth-order valence-electron chi connectivity index (χ4n) is 1.72. The van der Waals surface area contributed by atoms with Crippen molar-refractivity contribution in [1.82, 2.24) is 9.71 Å². The summed E-state index contributed by atoms with van der Waals surface area (Å²) in [5, 5.41) is 1.04. The lowest BCUT2D eigenvalue weighted by atomic mass is 10.2. The summed E-state index contributed by atoms with van der Waals surface area (Å²) < 4.78 is 26.7. The monoisotopic (exact) mass is 296 g/mol. The molecule has 0 radical (unpaired) electrons. The fourth-order valence-corrected chi connectivity index (χ4v) is 3.03. The Balaban J connectivity index is 2.67. The molecule has 1 heterocycles. The van der Waals surface area contributed by atoms with Crippen LogP contribution >= 0.6 is 11.6 Å². The van der Waals surface area contributed by atoms with Crippen molar-refractivity contribution >= 4 is 32.5 Å². The van der Waals surface area contributed by atoms with E-state index < -0.39 is 10.0 Å². The van der Waals surface area contributed by atoms with Crippen molar-refractivity contribution in [1.29, 1.82) is 0 Å². The summed E-state index contributed by atoms with van der Waals surface area (Å²) in [5.41, 5.74) is 1.18. The highest BCUT2D eigenvalue weighted by atomic mass is 35.5. The maximum absolute atomic E-state index is 12.2. The predicted octanol–water partition coefficient (Wildman–Crippen LogP) is 2.66. The molecule has 0 aliphatic carbocycles. The third-order valence-electron chi connectivity index (χ3n) is 2.64. The number of para-hydroxylation sites is 1. The highest BCUT2D eigenvalue weighted by molar-refractivity contribution is 7.89. The molecule has 0 saturated carbocycles. The van der Waals surface area contributed by atoms with Gasteiger partial charge < -0.3 is 0 Å². The number of aromatic nitrogens is 1. The predicted molar refractivity (Wildman–Crippen MR) is 76.9 cm³/mol. The van der Waals surface area contributed by atoms with Crippen LogP contribution in [0.3, 0.4) is 0 Å². The van der Waals surface area contributed by atoms with E-state index in [0.29, 0.717) is 10.7 Å². The molecular weight excluding hydrogens is 284 g/mol. The number of halogens is 1. The molecule has 0 saturated heterocycles. The Labute approximate surface area is 117 Å². The number of hydrogen-bond donors (Lipinski definition) is 1. The summed E-state index contributed by atoms with van der Waals surface area (Å²) in [5.74, 6) is 0. The second-order valence-electron chi connectivity index (χ2n) is 4.06. The minimum atomic E-state index is -3.62. The number of aryl methyl sites for hydroxylation is 1. The largest absolute Gasteiger partial charge is 0.243 e. The molecule has 1 aromatic heterocycles. The number of rotatable bonds is 4. The first-order chi connectivity index (χ1) is 8.95. The SMILES string of the molecule is C=CCNS(=O)(=O)c1cccc2cc(C)c(Cl)nc12. The smallest absolute Gasteiger partial charge is 0.234 e. The van der Waals surface area contributed by atoms with Crippen LogP contribution in [0.2, 0.25) is 5.15 Å². The topological polar surface area (TPSA) is 59.1 Å². The van der Waals surface area contributed by atoms with Gasteiger partial charge in [-0.1, -0.05) is 29.8 Å². The van der Waals surface area contributed by atoms with Gasteiger partial charge in [-0.05, 0) is 24.6 Å². The Kier molecular flexibility index (Phi) is 3.89. The van der Waals surface area contributed by atoms with Gasteiger partial charge in [0.1, 0.15) is 10.0 Å². The van der Waals surface area contributed by atoms with E-state index in [0.717, 1.165) is 10.9 Å². The number of fused-ring (bicyclic) bond motifs is 1. The van der Waals surface area contributed by atoms with Crippen LogP contribution in [0.4, 0.5) is 0 Å². The van der Waals surface area contributed by atoms with E-state index in [1.54, 1.807) is 12.1 Å². The van der Waals surface area contributed by atoms with E-state index in [4.69, 9.17) is 11.6 Å². The van der Waals surface area contributed by atoms with Crippen LogP contribution in [0.1, 0.15) is 5.56 Å². The molecule has 2 rings (SSSR count). The molecule has 0 amide bonds. The molecular formula is C13H13ClN2O2S. The number of sulfonamides is 1. The van der Waals surface area contributed by atoms with Crippen LogP contribution in [0.25, 0.3) is 10.9 Å². The van der Waals surface area contributed by atoms with Crippen molar-refractivity contribution < 1.29 is 8.42 Å². The van der Waals surface area contributed by atoms with Gasteiger partial charge in [-0.2, -0.15) is 0 Å². The average Bonchev–Trinajstić information content (AvgIpc) is 2.37. The quantitative estimate of drug-likeness (QED) is 0.697. The number of nitrogens with one attached hydrogen (secondary N) is 1. The van der Waals surface area contributed by atoms with Crippen LogP contribution in [-0.2, 0) is 10.0 Å². The Hall–Kier alpha value is -1.43. The first-order valence-electron chi connectivity index (χ1n) is 5.62. The number of hydrogen-bond acceptors (Lipinski definition) is 3. The third kappa shape index (κ3) is 2.78. The van der Waals surface area contributed by atoms with Gasteiger partial charge in [0, 0.05) is 11.9 Å². The summed E-state index contributed by atoms with van der Waals surface area (Å²) in [7, 11) is -3.62. The second kappa shape index (κ2) is 5.28. The van der Waals surface area contributed by atoms with E-state index >= 15 is 0 Å². The van der Waals surface area contributed by atoms with Gasteiger partial charge in [0.15, 0.2) is 0 Å². The molecule has 0 unspecified atom stereocenters. The molecule has 2 aromatic rings. The maximum Gasteiger partial charge on any atom is 0.243 e. The van der Waals surface area contributed by atoms with Gasteiger partial charge in [-0.3, -0.25) is 0 Å². The number of pyridine rings is 1. The summed E-state index contributed by atoms with van der Waals surface area (Å²) in [4.78, 5) is 4.29. The van der Waals surface area contributed by atoms with Gasteiger partial charge in [0.25, 0.3) is 0 Å². The summed E-state index contributed by atoms with van der Waals surface area (Å²) in [6, 6.07) is 6.81. The summed E-state index contributed by atoms with van der Waals surface area (Å²) >= 11 is 5.97. The summed E-state index contributed by atoms with van der Waals surface area (Å²) in [6.45, 7) is 5.47. The average molecular weight is 297 g/mol. The standard InChI is InChI=1S/C13H13ClN2O2S/c1-3-7-15-19(17,18)11-6-4-5-10-8-9(2)13(14)16-12(10)11/h3-6,8,15H,1,7H2,2H3. The lowest BCUT2D eigenvalue weighted by Crippen LogP contribution is -2.24. The zero-order valence-electron chi connectivity index (χ0n) is 10.4. The van der Waals surface area contributed by atoms with E-state index in [1.165, 1.54) is 12.1 Å². The molecule has 0 fully saturated rings. The lowest BCUT2D eigenvalue weighted by Gasteiger charge is -2.09. The Bertz CT molecular complexity index is 742. The Morgan fingerprint density at radius 2 is 2.21 bits per heavy atom. The Morgan fingerprint density at radius 1 is 1.47 bits per heavy atom. The van der Waals surface area contributed by atoms with E-state index in [-0.39, 0.29) is 11.4 Å². The van der Waals surface area contributed by atoms with Gasteiger partial charge in [-0.25, -0.2) is 18.1 Å². The normalized spacial score (nSPS) is 11.7. The number of benzene rings is 1. The molecule has 4 nitrogen and oxygen atoms in total. The van der Waals surface area contributed by atoms with E-state index in [1.807, 2.05) is 13.0 Å². The van der Waals surface area contributed by atoms with Gasteiger partial charge in [-0.15, -0.1) is 6.58 Å². The van der Waals surface area contributed by atoms with Crippen molar-refractivity contribution in [3.05, 3.63) is 47.6 Å². The highest BCUT2D eigenvalue weighted by Gasteiger charge is 2.18. The fraction of sp³-hybridized carbons (Fsp3) is 0.154. The van der Waals surface area contributed by atoms with Gasteiger partial charge >= 0.3 is 0 Å². The second-order valence-corrected chi connectivity index (χ2v) is 6.16. The lowest BCUT2D eigenvalue weighted by molar-refractivity contribution is 0.586. The van der Waals surface area contributed by atoms with E-state index in [9.17, 15) is 8.42 Å². The molecule has 6 heteroatoms. The minimum absolute atomic E-state index is 0.119.